The number of rotatable bonds is 5. The Morgan fingerprint density at radius 3 is 2.19 bits per heavy atom. The Balaban J connectivity index is 0.00000105. The highest BCUT2D eigenvalue weighted by atomic mass is 32.2. The number of hydrogen-bond donors (Lipinski definition) is 1. The van der Waals surface area contributed by atoms with E-state index in [2.05, 4.69) is 90.9 Å². The zero-order valence-electron chi connectivity index (χ0n) is 30.5. The molecule has 3 aliphatic rings. The normalized spacial score (nSPS) is 18.2. The van der Waals surface area contributed by atoms with E-state index in [0.717, 1.165) is 41.3 Å². The van der Waals surface area contributed by atoms with Gasteiger partial charge >= 0.3 is 0 Å². The number of nitrogens with one attached hydrogen (secondary N) is 1. The monoisotopic (exact) mass is 657 g/mol. The Labute approximate surface area is 286 Å². The van der Waals surface area contributed by atoms with Gasteiger partial charge in [-0.25, -0.2) is 4.09 Å². The van der Waals surface area contributed by atoms with E-state index in [9.17, 15) is 4.79 Å². The first kappa shape index (κ1) is 35.0. The molecule has 2 aliphatic heterocycles. The number of piperazine rings is 1. The van der Waals surface area contributed by atoms with E-state index in [1.165, 1.54) is 46.4 Å². The van der Waals surface area contributed by atoms with Gasteiger partial charge in [0.25, 0.3) is 0 Å². The first-order valence-corrected chi connectivity index (χ1v) is 18.3. The molecule has 2 saturated heterocycles. The van der Waals surface area contributed by atoms with Crippen molar-refractivity contribution in [3.63, 3.8) is 0 Å². The number of fused-ring (bicyclic) bond motifs is 1. The molecular formula is C38H55N7OS. The van der Waals surface area contributed by atoms with Crippen molar-refractivity contribution in [2.75, 3.05) is 37.6 Å². The third-order valence-electron chi connectivity index (χ3n) is 10.2. The molecular weight excluding hydrogens is 603 g/mol. The lowest BCUT2D eigenvalue weighted by atomic mass is 9.61. The van der Waals surface area contributed by atoms with Gasteiger partial charge in [0.15, 0.2) is 5.82 Å². The largest absolute Gasteiger partial charge is 0.346 e. The van der Waals surface area contributed by atoms with Crippen LogP contribution in [0.15, 0.2) is 41.4 Å². The second-order valence-corrected chi connectivity index (χ2v) is 14.8. The van der Waals surface area contributed by atoms with Crippen LogP contribution in [-0.2, 0) is 4.79 Å². The van der Waals surface area contributed by atoms with Crippen molar-refractivity contribution < 1.29 is 4.79 Å². The summed E-state index contributed by atoms with van der Waals surface area (Å²) < 4.78 is 4.39. The van der Waals surface area contributed by atoms with Gasteiger partial charge in [0.05, 0.1) is 23.3 Å². The SMILES string of the molecule is CC.CC.CC(=O)N1CCN(c2nn(C3CC4(CNC4)C3)c(C)c2-c2c(C)c(C)cc3c2cnn3Sc2ccc(C)cc2)C(C)(C)C1. The Kier molecular flexibility index (Phi) is 10.2. The fourth-order valence-corrected chi connectivity index (χ4v) is 8.31. The third kappa shape index (κ3) is 6.33. The summed E-state index contributed by atoms with van der Waals surface area (Å²) in [6.45, 7) is 27.4. The highest BCUT2D eigenvalue weighted by molar-refractivity contribution is 7.98. The maximum Gasteiger partial charge on any atom is 0.219 e. The fourth-order valence-electron chi connectivity index (χ4n) is 7.51. The first-order chi connectivity index (χ1) is 22.5. The molecule has 8 nitrogen and oxygen atoms in total. The van der Waals surface area contributed by atoms with Crippen molar-refractivity contribution in [2.45, 2.75) is 105 Å². The number of carbonyl (C=O) groups excluding carboxylic acids is 1. The zero-order chi connectivity index (χ0) is 34.3. The average Bonchev–Trinajstić information content (AvgIpc) is 3.55. The number of hydrogen-bond acceptors (Lipinski definition) is 6. The lowest BCUT2D eigenvalue weighted by molar-refractivity contribution is -0.130. The molecule has 4 heterocycles. The smallest absolute Gasteiger partial charge is 0.219 e. The Morgan fingerprint density at radius 1 is 0.957 bits per heavy atom. The molecule has 1 spiro atoms. The number of aryl methyl sites for hydroxylation is 2. The standard InChI is InChI=1S/C34H43N7OS.2C2H6/c1-21-8-10-27(11-9-21)43-41-29-14-22(2)23(3)30(28(29)17-36-41)31-24(4)40(26-15-34(16-26)18-35-19-34)37-32(31)39-13-12-38(25(5)42)20-33(39,6)7;2*1-2/h8-11,14,17,26,35H,12-13,15-16,18-20H2,1-7H3;2*1-2H3. The Bertz CT molecular complexity index is 1720. The number of nitrogens with zero attached hydrogens (tertiary/aromatic N) is 6. The van der Waals surface area contributed by atoms with Crippen LogP contribution in [0.25, 0.3) is 22.0 Å². The van der Waals surface area contributed by atoms with Crippen LogP contribution in [0.5, 0.6) is 0 Å². The number of benzene rings is 2. The first-order valence-electron chi connectivity index (χ1n) is 17.5. The predicted octanol–water partition coefficient (Wildman–Crippen LogP) is 8.11. The molecule has 1 saturated carbocycles. The molecule has 47 heavy (non-hydrogen) atoms. The van der Waals surface area contributed by atoms with E-state index in [4.69, 9.17) is 10.2 Å². The summed E-state index contributed by atoms with van der Waals surface area (Å²) in [5.74, 6) is 1.17. The number of anilines is 1. The van der Waals surface area contributed by atoms with Crippen LogP contribution >= 0.6 is 11.9 Å². The summed E-state index contributed by atoms with van der Waals surface area (Å²) in [6.07, 6.45) is 4.39. The second kappa shape index (κ2) is 13.7. The molecule has 0 atom stereocenters. The molecule has 1 amide bonds. The summed E-state index contributed by atoms with van der Waals surface area (Å²) in [6, 6.07) is 11.3. The maximum absolute atomic E-state index is 12.4. The van der Waals surface area contributed by atoms with Gasteiger partial charge in [0.1, 0.15) is 0 Å². The molecule has 3 fully saturated rings. The van der Waals surface area contributed by atoms with Crippen molar-refractivity contribution in [3.05, 3.63) is 58.9 Å². The van der Waals surface area contributed by atoms with Crippen LogP contribution in [0.3, 0.4) is 0 Å². The van der Waals surface area contributed by atoms with Crippen LogP contribution in [0.4, 0.5) is 5.82 Å². The molecule has 0 unspecified atom stereocenters. The summed E-state index contributed by atoms with van der Waals surface area (Å²) >= 11 is 1.65. The van der Waals surface area contributed by atoms with Crippen LogP contribution < -0.4 is 10.2 Å². The third-order valence-corrected chi connectivity index (χ3v) is 11.2. The minimum absolute atomic E-state index is 0.137. The maximum atomic E-state index is 12.4. The number of aromatic nitrogens is 4. The van der Waals surface area contributed by atoms with Crippen molar-refractivity contribution in [1.82, 2.24) is 29.2 Å². The highest BCUT2D eigenvalue weighted by Crippen LogP contribution is 2.53. The van der Waals surface area contributed by atoms with Crippen molar-refractivity contribution in [1.29, 1.82) is 0 Å². The molecule has 4 aromatic rings. The molecule has 2 aromatic carbocycles. The van der Waals surface area contributed by atoms with Gasteiger partial charge in [0, 0.05) is 78.7 Å². The van der Waals surface area contributed by atoms with Crippen LogP contribution in [0.1, 0.15) is 89.7 Å². The lowest BCUT2D eigenvalue weighted by Crippen LogP contribution is -2.61. The Morgan fingerprint density at radius 2 is 1.62 bits per heavy atom. The van der Waals surface area contributed by atoms with E-state index in [1.54, 1.807) is 18.9 Å². The topological polar surface area (TPSA) is 71.2 Å². The van der Waals surface area contributed by atoms with Crippen molar-refractivity contribution in [3.8, 4) is 11.1 Å². The van der Waals surface area contributed by atoms with Gasteiger partial charge in [-0.05, 0) is 89.1 Å². The summed E-state index contributed by atoms with van der Waals surface area (Å²) in [4.78, 5) is 18.0. The number of amides is 1. The van der Waals surface area contributed by atoms with Gasteiger partial charge in [-0.3, -0.25) is 9.48 Å². The minimum atomic E-state index is -0.259. The van der Waals surface area contributed by atoms with Gasteiger partial charge in [-0.1, -0.05) is 45.4 Å². The summed E-state index contributed by atoms with van der Waals surface area (Å²) in [7, 11) is 0. The second-order valence-electron chi connectivity index (χ2n) is 13.8. The molecule has 1 aliphatic carbocycles. The van der Waals surface area contributed by atoms with Gasteiger partial charge in [-0.2, -0.15) is 10.2 Å². The molecule has 0 bridgehead atoms. The fraction of sp³-hybridized carbons (Fsp3) is 0.553. The van der Waals surface area contributed by atoms with E-state index in [1.807, 2.05) is 38.8 Å². The average molecular weight is 658 g/mol. The lowest BCUT2D eigenvalue weighted by Gasteiger charge is -2.54. The van der Waals surface area contributed by atoms with Crippen molar-refractivity contribution >= 4 is 34.6 Å². The van der Waals surface area contributed by atoms with Crippen molar-refractivity contribution in [2.24, 2.45) is 5.41 Å². The van der Waals surface area contributed by atoms with Gasteiger partial charge in [0.2, 0.25) is 5.91 Å². The van der Waals surface area contributed by atoms with Crippen LogP contribution in [0, 0.1) is 33.1 Å². The summed E-state index contributed by atoms with van der Waals surface area (Å²) in [5.41, 5.74) is 8.74. The number of carbonyl (C=O) groups is 1. The van der Waals surface area contributed by atoms with E-state index in [0.29, 0.717) is 24.5 Å². The molecule has 7 rings (SSSR count). The molecule has 254 valence electrons. The summed E-state index contributed by atoms with van der Waals surface area (Å²) in [5, 5.41) is 15.0. The van der Waals surface area contributed by atoms with E-state index in [-0.39, 0.29) is 11.4 Å². The molecule has 2 aromatic heterocycles. The zero-order valence-corrected chi connectivity index (χ0v) is 31.3. The van der Waals surface area contributed by atoms with Crippen LogP contribution in [0.2, 0.25) is 0 Å². The molecule has 9 heteroatoms. The van der Waals surface area contributed by atoms with E-state index >= 15 is 0 Å². The highest BCUT2D eigenvalue weighted by Gasteiger charge is 2.50. The predicted molar refractivity (Wildman–Crippen MR) is 198 cm³/mol. The minimum Gasteiger partial charge on any atom is -0.346 e. The Hall–Kier alpha value is -3.30. The van der Waals surface area contributed by atoms with Gasteiger partial charge < -0.3 is 15.1 Å². The quantitative estimate of drug-likeness (QED) is 0.234. The van der Waals surface area contributed by atoms with E-state index < -0.39 is 0 Å². The van der Waals surface area contributed by atoms with Crippen LogP contribution in [-0.4, -0.2) is 68.0 Å². The van der Waals surface area contributed by atoms with Gasteiger partial charge in [-0.15, -0.1) is 0 Å². The molecule has 1 N–H and O–H groups in total. The molecule has 0 radical (unpaired) electrons.